The molecular weight excluding hydrogens is 148 g/mol. The quantitative estimate of drug-likeness (QED) is 0.579. The molecule has 0 amide bonds. The van der Waals surface area contributed by atoms with Crippen molar-refractivity contribution in [3.63, 3.8) is 0 Å². The Labute approximate surface area is 75.5 Å². The zero-order valence-electron chi connectivity index (χ0n) is 8.63. The highest BCUT2D eigenvalue weighted by Gasteiger charge is 2.46. The van der Waals surface area contributed by atoms with Crippen LogP contribution in [-0.2, 0) is 4.79 Å². The van der Waals surface area contributed by atoms with E-state index >= 15 is 0 Å². The van der Waals surface area contributed by atoms with Gasteiger partial charge >= 0.3 is 0 Å². The molecule has 70 valence electrons. The Kier molecular flexibility index (Phi) is 2.60. The molecule has 12 heavy (non-hydrogen) atoms. The molecule has 1 heteroatoms. The Morgan fingerprint density at radius 3 is 2.42 bits per heavy atom. The summed E-state index contributed by atoms with van der Waals surface area (Å²) in [5.74, 6) is 1.70. The van der Waals surface area contributed by atoms with Crippen LogP contribution in [0.25, 0.3) is 0 Å². The van der Waals surface area contributed by atoms with Crippen LogP contribution in [0.3, 0.4) is 0 Å². The average Bonchev–Trinajstić information content (AvgIpc) is 2.30. The van der Waals surface area contributed by atoms with Crippen LogP contribution >= 0.6 is 0 Å². The lowest BCUT2D eigenvalue weighted by Crippen LogP contribution is -2.28. The molecule has 1 rings (SSSR count). The maximum Gasteiger partial charge on any atom is 0.123 e. The van der Waals surface area contributed by atoms with Gasteiger partial charge in [-0.2, -0.15) is 0 Å². The fourth-order valence-electron chi connectivity index (χ4n) is 2.66. The first kappa shape index (κ1) is 9.76. The summed E-state index contributed by atoms with van der Waals surface area (Å²) in [5.41, 5.74) is 0.265. The van der Waals surface area contributed by atoms with Crippen molar-refractivity contribution in [3.8, 4) is 0 Å². The first-order valence-electron chi connectivity index (χ1n) is 5.01. The highest BCUT2D eigenvalue weighted by molar-refractivity contribution is 5.56. The zero-order chi connectivity index (χ0) is 9.35. The van der Waals surface area contributed by atoms with Gasteiger partial charge in [0.25, 0.3) is 0 Å². The van der Waals surface area contributed by atoms with Crippen LogP contribution in [0.4, 0.5) is 0 Å². The second-order valence-electron chi connectivity index (χ2n) is 4.60. The minimum atomic E-state index is 0.265. The molecular formula is C11H20O. The van der Waals surface area contributed by atoms with E-state index in [9.17, 15) is 4.79 Å². The molecule has 1 fully saturated rings. The number of hydrogen-bond donors (Lipinski definition) is 0. The van der Waals surface area contributed by atoms with Crippen molar-refractivity contribution in [2.24, 2.45) is 23.2 Å². The Bertz CT molecular complexity index is 176. The fourth-order valence-corrected chi connectivity index (χ4v) is 2.66. The molecule has 1 aliphatic carbocycles. The summed E-state index contributed by atoms with van der Waals surface area (Å²) in [6, 6.07) is 0. The topological polar surface area (TPSA) is 17.1 Å². The van der Waals surface area contributed by atoms with E-state index in [0.29, 0.717) is 17.8 Å². The Morgan fingerprint density at radius 1 is 1.50 bits per heavy atom. The van der Waals surface area contributed by atoms with Crippen molar-refractivity contribution in [1.29, 1.82) is 0 Å². The van der Waals surface area contributed by atoms with Gasteiger partial charge in [0, 0.05) is 5.92 Å². The van der Waals surface area contributed by atoms with Crippen LogP contribution in [0.1, 0.15) is 40.5 Å². The summed E-state index contributed by atoms with van der Waals surface area (Å²) >= 11 is 0. The molecule has 0 aromatic heterocycles. The Balaban J connectivity index is 2.87. The van der Waals surface area contributed by atoms with Gasteiger partial charge in [-0.3, -0.25) is 0 Å². The second kappa shape index (κ2) is 3.20. The maximum atomic E-state index is 10.9. The van der Waals surface area contributed by atoms with Crippen LogP contribution in [0.15, 0.2) is 0 Å². The molecule has 0 heterocycles. The molecule has 4 unspecified atom stereocenters. The first-order valence-corrected chi connectivity index (χ1v) is 5.01. The van der Waals surface area contributed by atoms with E-state index in [1.165, 1.54) is 6.29 Å². The van der Waals surface area contributed by atoms with E-state index in [1.54, 1.807) is 0 Å². The predicted molar refractivity (Wildman–Crippen MR) is 50.9 cm³/mol. The molecule has 1 aliphatic rings. The third-order valence-electron chi connectivity index (χ3n) is 4.29. The molecule has 0 aromatic rings. The lowest BCUT2D eigenvalue weighted by Gasteiger charge is -2.32. The van der Waals surface area contributed by atoms with Gasteiger partial charge in [-0.1, -0.05) is 27.7 Å². The maximum absolute atomic E-state index is 10.9. The van der Waals surface area contributed by atoms with Gasteiger partial charge in [0.05, 0.1) is 0 Å². The lowest BCUT2D eigenvalue weighted by atomic mass is 9.72. The Morgan fingerprint density at radius 2 is 2.08 bits per heavy atom. The van der Waals surface area contributed by atoms with E-state index in [1.807, 2.05) is 0 Å². The van der Waals surface area contributed by atoms with Crippen LogP contribution in [0.2, 0.25) is 0 Å². The minimum Gasteiger partial charge on any atom is -0.303 e. The van der Waals surface area contributed by atoms with E-state index in [0.717, 1.165) is 12.8 Å². The van der Waals surface area contributed by atoms with Gasteiger partial charge in [-0.25, -0.2) is 0 Å². The number of rotatable bonds is 2. The van der Waals surface area contributed by atoms with Crippen LogP contribution < -0.4 is 0 Å². The third-order valence-corrected chi connectivity index (χ3v) is 4.29. The van der Waals surface area contributed by atoms with Crippen molar-refractivity contribution < 1.29 is 4.79 Å². The van der Waals surface area contributed by atoms with E-state index in [-0.39, 0.29) is 5.41 Å². The van der Waals surface area contributed by atoms with Gasteiger partial charge in [0.2, 0.25) is 0 Å². The van der Waals surface area contributed by atoms with Gasteiger partial charge in [-0.05, 0) is 30.1 Å². The molecule has 1 nitrogen and oxygen atoms in total. The molecule has 0 radical (unpaired) electrons. The fraction of sp³-hybridized carbons (Fsp3) is 0.909. The first-order chi connectivity index (χ1) is 5.56. The Hall–Kier alpha value is -0.330. The molecule has 0 aliphatic heterocycles. The van der Waals surface area contributed by atoms with Crippen molar-refractivity contribution >= 4 is 6.29 Å². The number of hydrogen-bond acceptors (Lipinski definition) is 1. The lowest BCUT2D eigenvalue weighted by molar-refractivity contribution is -0.114. The largest absolute Gasteiger partial charge is 0.303 e. The molecule has 1 saturated carbocycles. The SMILES string of the molecule is CCC1(C)C(C=O)CC(C)C1C. The smallest absolute Gasteiger partial charge is 0.123 e. The summed E-state index contributed by atoms with van der Waals surface area (Å²) in [7, 11) is 0. The highest BCUT2D eigenvalue weighted by atomic mass is 16.1. The van der Waals surface area contributed by atoms with Crippen molar-refractivity contribution in [2.45, 2.75) is 40.5 Å². The zero-order valence-corrected chi connectivity index (χ0v) is 8.63. The van der Waals surface area contributed by atoms with Crippen molar-refractivity contribution in [1.82, 2.24) is 0 Å². The number of carbonyl (C=O) groups is 1. The number of aldehydes is 1. The van der Waals surface area contributed by atoms with Crippen LogP contribution in [0.5, 0.6) is 0 Å². The van der Waals surface area contributed by atoms with Gasteiger partial charge in [0.1, 0.15) is 6.29 Å². The molecule has 0 saturated heterocycles. The van der Waals surface area contributed by atoms with Gasteiger partial charge < -0.3 is 4.79 Å². The monoisotopic (exact) mass is 168 g/mol. The van der Waals surface area contributed by atoms with Crippen molar-refractivity contribution in [3.05, 3.63) is 0 Å². The normalized spacial score (nSPS) is 47.8. The highest BCUT2D eigenvalue weighted by Crippen LogP contribution is 2.51. The molecule has 0 aromatic carbocycles. The molecule has 0 spiro atoms. The van der Waals surface area contributed by atoms with E-state index in [4.69, 9.17) is 0 Å². The predicted octanol–water partition coefficient (Wildman–Crippen LogP) is 2.89. The third kappa shape index (κ3) is 1.19. The summed E-state index contributed by atoms with van der Waals surface area (Å²) in [4.78, 5) is 10.9. The minimum absolute atomic E-state index is 0.265. The van der Waals surface area contributed by atoms with Crippen LogP contribution in [-0.4, -0.2) is 6.29 Å². The summed E-state index contributed by atoms with van der Waals surface area (Å²) in [5, 5.41) is 0. The molecule has 0 bridgehead atoms. The standard InChI is InChI=1S/C11H20O/c1-5-11(4)9(3)8(2)6-10(11)7-12/h7-10H,5-6H2,1-4H3. The van der Waals surface area contributed by atoms with E-state index < -0.39 is 0 Å². The molecule has 0 N–H and O–H groups in total. The summed E-state index contributed by atoms with van der Waals surface area (Å²) in [6.07, 6.45) is 3.39. The van der Waals surface area contributed by atoms with Gasteiger partial charge in [-0.15, -0.1) is 0 Å². The molecule has 4 atom stereocenters. The average molecular weight is 168 g/mol. The van der Waals surface area contributed by atoms with Crippen molar-refractivity contribution in [2.75, 3.05) is 0 Å². The van der Waals surface area contributed by atoms with E-state index in [2.05, 4.69) is 27.7 Å². The number of carbonyl (C=O) groups excluding carboxylic acids is 1. The summed E-state index contributed by atoms with van der Waals surface area (Å²) in [6.45, 7) is 9.02. The second-order valence-corrected chi connectivity index (χ2v) is 4.60. The summed E-state index contributed by atoms with van der Waals surface area (Å²) < 4.78 is 0. The van der Waals surface area contributed by atoms with Crippen LogP contribution in [0, 0.1) is 23.2 Å². The van der Waals surface area contributed by atoms with Gasteiger partial charge in [0.15, 0.2) is 0 Å².